The van der Waals surface area contributed by atoms with Crippen LogP contribution in [0.25, 0.3) is 16.3 Å². The molecule has 0 unspecified atom stereocenters. The molecule has 0 spiro atoms. The van der Waals surface area contributed by atoms with Crippen molar-refractivity contribution in [3.8, 4) is 0 Å². The molecular formula is C24H27ClN4OS. The Labute approximate surface area is 192 Å². The number of rotatable bonds is 6. The van der Waals surface area contributed by atoms with E-state index in [-0.39, 0.29) is 5.91 Å². The van der Waals surface area contributed by atoms with Crippen LogP contribution in [0.15, 0.2) is 42.5 Å². The van der Waals surface area contributed by atoms with Gasteiger partial charge in [-0.3, -0.25) is 9.69 Å². The molecule has 0 saturated carbocycles. The number of carbonyl (C=O) groups excluding carboxylic acids is 1. The molecule has 0 bridgehead atoms. The minimum Gasteiger partial charge on any atom is -0.351 e. The Hall–Kier alpha value is -2.41. The molecule has 0 atom stereocenters. The van der Waals surface area contributed by atoms with Crippen molar-refractivity contribution in [2.75, 3.05) is 44.2 Å². The van der Waals surface area contributed by atoms with Gasteiger partial charge in [-0.15, -0.1) is 0 Å². The first-order valence-electron chi connectivity index (χ1n) is 10.6. The SMILES string of the molecule is Cc1ccc(C)c2sc(N3CCN(CCNC(=O)/C=C/c4ccccc4Cl)CC3)nc12. The molecule has 0 radical (unpaired) electrons. The van der Waals surface area contributed by atoms with Gasteiger partial charge in [-0.2, -0.15) is 0 Å². The molecule has 1 N–H and O–H groups in total. The van der Waals surface area contributed by atoms with Crippen LogP contribution in [0.2, 0.25) is 5.02 Å². The number of nitrogens with zero attached hydrogens (tertiary/aromatic N) is 3. The number of benzene rings is 2. The van der Waals surface area contributed by atoms with E-state index in [2.05, 4.69) is 41.1 Å². The summed E-state index contributed by atoms with van der Waals surface area (Å²) in [5.41, 5.74) is 4.51. The van der Waals surface area contributed by atoms with Gasteiger partial charge in [0.15, 0.2) is 5.13 Å². The van der Waals surface area contributed by atoms with E-state index in [1.165, 1.54) is 21.9 Å². The fourth-order valence-electron chi connectivity index (χ4n) is 3.72. The number of aromatic nitrogens is 1. The zero-order valence-corrected chi connectivity index (χ0v) is 19.5. The Morgan fingerprint density at radius 2 is 1.87 bits per heavy atom. The van der Waals surface area contributed by atoms with Crippen molar-refractivity contribution in [3.63, 3.8) is 0 Å². The number of aryl methyl sites for hydroxylation is 2. The first-order valence-corrected chi connectivity index (χ1v) is 11.8. The maximum absolute atomic E-state index is 12.1. The second-order valence-corrected chi connectivity index (χ2v) is 9.23. The number of nitrogens with one attached hydrogen (secondary N) is 1. The second-order valence-electron chi connectivity index (χ2n) is 7.85. The normalized spacial score (nSPS) is 15.1. The molecule has 0 aliphatic carbocycles. The van der Waals surface area contributed by atoms with Gasteiger partial charge >= 0.3 is 0 Å². The lowest BCUT2D eigenvalue weighted by Gasteiger charge is -2.34. The summed E-state index contributed by atoms with van der Waals surface area (Å²) in [6.07, 6.45) is 3.29. The van der Waals surface area contributed by atoms with E-state index < -0.39 is 0 Å². The lowest BCUT2D eigenvalue weighted by Crippen LogP contribution is -2.48. The van der Waals surface area contributed by atoms with Gasteiger partial charge in [0.25, 0.3) is 0 Å². The number of thiazole rings is 1. The predicted octanol–water partition coefficient (Wildman–Crippen LogP) is 4.52. The second kappa shape index (κ2) is 9.81. The maximum Gasteiger partial charge on any atom is 0.244 e. The number of fused-ring (bicyclic) bond motifs is 1. The molecule has 1 saturated heterocycles. The lowest BCUT2D eigenvalue weighted by atomic mass is 10.1. The highest BCUT2D eigenvalue weighted by Gasteiger charge is 2.20. The van der Waals surface area contributed by atoms with Crippen LogP contribution < -0.4 is 10.2 Å². The molecule has 7 heteroatoms. The minimum absolute atomic E-state index is 0.0984. The van der Waals surface area contributed by atoms with Gasteiger partial charge in [0.05, 0.1) is 10.2 Å². The number of piperazine rings is 1. The number of halogens is 1. The average Bonchev–Trinajstić information content (AvgIpc) is 3.23. The summed E-state index contributed by atoms with van der Waals surface area (Å²) in [7, 11) is 0. The molecular weight excluding hydrogens is 428 g/mol. The van der Waals surface area contributed by atoms with Gasteiger partial charge in [0.1, 0.15) is 0 Å². The third-order valence-electron chi connectivity index (χ3n) is 5.62. The largest absolute Gasteiger partial charge is 0.351 e. The summed E-state index contributed by atoms with van der Waals surface area (Å²) >= 11 is 7.91. The highest BCUT2D eigenvalue weighted by molar-refractivity contribution is 7.22. The summed E-state index contributed by atoms with van der Waals surface area (Å²) in [5, 5.41) is 4.72. The molecule has 2 aromatic carbocycles. The Bertz CT molecular complexity index is 1060. The van der Waals surface area contributed by atoms with Crippen molar-refractivity contribution in [2.45, 2.75) is 13.8 Å². The number of carbonyl (C=O) groups is 1. The zero-order valence-electron chi connectivity index (χ0n) is 17.9. The maximum atomic E-state index is 12.1. The van der Waals surface area contributed by atoms with E-state index in [0.29, 0.717) is 11.6 Å². The van der Waals surface area contributed by atoms with Gasteiger partial charge in [-0.05, 0) is 42.7 Å². The molecule has 1 amide bonds. The van der Waals surface area contributed by atoms with Gasteiger partial charge in [0.2, 0.25) is 5.91 Å². The van der Waals surface area contributed by atoms with E-state index >= 15 is 0 Å². The summed E-state index contributed by atoms with van der Waals surface area (Å²) in [5.74, 6) is -0.0984. The Kier molecular flexibility index (Phi) is 6.90. The van der Waals surface area contributed by atoms with Crippen LogP contribution in [0.5, 0.6) is 0 Å². The van der Waals surface area contributed by atoms with Crippen molar-refractivity contribution in [2.24, 2.45) is 0 Å². The molecule has 1 aliphatic heterocycles. The summed E-state index contributed by atoms with van der Waals surface area (Å²) in [6, 6.07) is 11.8. The number of anilines is 1. The van der Waals surface area contributed by atoms with Crippen LogP contribution in [-0.2, 0) is 4.79 Å². The van der Waals surface area contributed by atoms with Crippen molar-refractivity contribution in [3.05, 3.63) is 64.2 Å². The third kappa shape index (κ3) is 5.26. The van der Waals surface area contributed by atoms with E-state index in [4.69, 9.17) is 16.6 Å². The number of hydrogen-bond acceptors (Lipinski definition) is 5. The smallest absolute Gasteiger partial charge is 0.244 e. The van der Waals surface area contributed by atoms with Gasteiger partial charge < -0.3 is 10.2 Å². The van der Waals surface area contributed by atoms with Crippen LogP contribution in [-0.4, -0.2) is 55.1 Å². The fraction of sp³-hybridized carbons (Fsp3) is 0.333. The third-order valence-corrected chi connectivity index (χ3v) is 7.22. The Morgan fingerprint density at radius 3 is 2.61 bits per heavy atom. The van der Waals surface area contributed by atoms with Gasteiger partial charge in [-0.25, -0.2) is 4.98 Å². The molecule has 1 aliphatic rings. The van der Waals surface area contributed by atoms with Crippen molar-refractivity contribution >= 4 is 50.3 Å². The Morgan fingerprint density at radius 1 is 1.13 bits per heavy atom. The van der Waals surface area contributed by atoms with Crippen molar-refractivity contribution in [1.82, 2.24) is 15.2 Å². The van der Waals surface area contributed by atoms with Gasteiger partial charge in [-0.1, -0.05) is 53.3 Å². The predicted molar refractivity (Wildman–Crippen MR) is 131 cm³/mol. The number of hydrogen-bond donors (Lipinski definition) is 1. The van der Waals surface area contributed by atoms with Crippen LogP contribution >= 0.6 is 22.9 Å². The van der Waals surface area contributed by atoms with E-state index in [9.17, 15) is 4.79 Å². The molecule has 2 heterocycles. The summed E-state index contributed by atoms with van der Waals surface area (Å²) < 4.78 is 1.30. The fourth-order valence-corrected chi connectivity index (χ4v) is 5.08. The minimum atomic E-state index is -0.0984. The molecule has 1 fully saturated rings. The highest BCUT2D eigenvalue weighted by atomic mass is 35.5. The van der Waals surface area contributed by atoms with E-state index in [1.807, 2.05) is 24.3 Å². The quantitative estimate of drug-likeness (QED) is 0.556. The summed E-state index contributed by atoms with van der Waals surface area (Å²) in [4.78, 5) is 21.7. The standard InChI is InChI=1S/C24H27ClN4OS/c1-17-7-8-18(2)23-22(17)27-24(31-23)29-15-13-28(14-16-29)12-11-26-21(30)10-9-19-5-3-4-6-20(19)25/h3-10H,11-16H2,1-2H3,(H,26,30)/b10-9+. The zero-order chi connectivity index (χ0) is 21.8. The molecule has 3 aromatic rings. The first-order chi connectivity index (χ1) is 15.0. The van der Waals surface area contributed by atoms with Crippen LogP contribution in [0, 0.1) is 13.8 Å². The topological polar surface area (TPSA) is 48.5 Å². The van der Waals surface area contributed by atoms with Crippen LogP contribution in [0.4, 0.5) is 5.13 Å². The number of amides is 1. The van der Waals surface area contributed by atoms with Gasteiger partial charge in [0, 0.05) is 50.4 Å². The van der Waals surface area contributed by atoms with Crippen molar-refractivity contribution < 1.29 is 4.79 Å². The molecule has 162 valence electrons. The van der Waals surface area contributed by atoms with Crippen molar-refractivity contribution in [1.29, 1.82) is 0 Å². The summed E-state index contributed by atoms with van der Waals surface area (Å²) in [6.45, 7) is 9.61. The molecule has 31 heavy (non-hydrogen) atoms. The average molecular weight is 455 g/mol. The lowest BCUT2D eigenvalue weighted by molar-refractivity contribution is -0.116. The Balaban J connectivity index is 1.23. The highest BCUT2D eigenvalue weighted by Crippen LogP contribution is 2.33. The van der Waals surface area contributed by atoms with Crippen LogP contribution in [0.3, 0.4) is 0 Å². The van der Waals surface area contributed by atoms with E-state index in [0.717, 1.165) is 48.9 Å². The monoisotopic (exact) mass is 454 g/mol. The molecule has 1 aromatic heterocycles. The van der Waals surface area contributed by atoms with E-state index in [1.54, 1.807) is 17.4 Å². The molecule has 5 nitrogen and oxygen atoms in total. The molecule has 4 rings (SSSR count). The van der Waals surface area contributed by atoms with Crippen LogP contribution in [0.1, 0.15) is 16.7 Å². The first kappa shape index (κ1) is 21.8.